The van der Waals surface area contributed by atoms with Crippen LogP contribution < -0.4 is 4.90 Å². The van der Waals surface area contributed by atoms with Crippen molar-refractivity contribution in [2.45, 2.75) is 26.7 Å². The molecule has 0 aliphatic carbocycles. The van der Waals surface area contributed by atoms with Crippen LogP contribution in [0.5, 0.6) is 0 Å². The first-order chi connectivity index (χ1) is 9.99. The van der Waals surface area contributed by atoms with E-state index in [1.165, 1.54) is 11.8 Å². The van der Waals surface area contributed by atoms with Crippen LogP contribution in [0, 0.1) is 11.3 Å². The monoisotopic (exact) mass is 287 g/mol. The van der Waals surface area contributed by atoms with E-state index >= 15 is 0 Å². The minimum atomic E-state index is -0.197. The molecule has 0 aromatic heterocycles. The number of likely N-dealkylation sites (N-methyl/N-ethyl adjacent to an activating group) is 1. The van der Waals surface area contributed by atoms with E-state index in [1.807, 2.05) is 6.07 Å². The lowest BCUT2D eigenvalue weighted by Crippen LogP contribution is -2.41. The lowest BCUT2D eigenvalue weighted by Gasteiger charge is -2.24. The second-order valence-electron chi connectivity index (χ2n) is 4.93. The number of hydrogen-bond donors (Lipinski definition) is 0. The number of hydrogen-bond acceptors (Lipinski definition) is 3. The van der Waals surface area contributed by atoms with Gasteiger partial charge in [0.25, 0.3) is 0 Å². The molecule has 0 atom stereocenters. The standard InChI is InChI=1S/C16H21N3O2/c1-4-5-10-18(3)16(21)12-19(13(2)20)15-8-6-14(11-17)7-9-15/h6-9H,4-5,10,12H2,1-3H3. The summed E-state index contributed by atoms with van der Waals surface area (Å²) >= 11 is 0. The maximum Gasteiger partial charge on any atom is 0.242 e. The quantitative estimate of drug-likeness (QED) is 0.805. The summed E-state index contributed by atoms with van der Waals surface area (Å²) in [6, 6.07) is 8.66. The van der Waals surface area contributed by atoms with Crippen LogP contribution in [0.4, 0.5) is 5.69 Å². The highest BCUT2D eigenvalue weighted by molar-refractivity contribution is 5.97. The topological polar surface area (TPSA) is 64.4 Å². The Morgan fingerprint density at radius 1 is 1.24 bits per heavy atom. The van der Waals surface area contributed by atoms with Gasteiger partial charge in [-0.05, 0) is 30.7 Å². The SMILES string of the molecule is CCCCN(C)C(=O)CN(C(C)=O)c1ccc(C#N)cc1. The predicted octanol–water partition coefficient (Wildman–Crippen LogP) is 2.17. The molecule has 5 heteroatoms. The Bertz CT molecular complexity index is 531. The zero-order chi connectivity index (χ0) is 15.8. The van der Waals surface area contributed by atoms with Gasteiger partial charge in [0, 0.05) is 26.2 Å². The molecule has 21 heavy (non-hydrogen) atoms. The van der Waals surface area contributed by atoms with Crippen LogP contribution in [0.3, 0.4) is 0 Å². The maximum atomic E-state index is 12.1. The van der Waals surface area contributed by atoms with E-state index in [2.05, 4.69) is 6.92 Å². The fourth-order valence-electron chi connectivity index (χ4n) is 1.88. The number of anilines is 1. The molecule has 0 N–H and O–H groups in total. The molecule has 0 heterocycles. The number of unbranched alkanes of at least 4 members (excludes halogenated alkanes) is 1. The summed E-state index contributed by atoms with van der Waals surface area (Å²) in [5.74, 6) is -0.292. The van der Waals surface area contributed by atoms with E-state index in [1.54, 1.807) is 36.2 Å². The van der Waals surface area contributed by atoms with Gasteiger partial charge in [0.1, 0.15) is 6.54 Å². The smallest absolute Gasteiger partial charge is 0.242 e. The molecule has 0 fully saturated rings. The van der Waals surface area contributed by atoms with Crippen molar-refractivity contribution in [2.75, 3.05) is 25.0 Å². The molecule has 2 amide bonds. The summed E-state index contributed by atoms with van der Waals surface area (Å²) in [6.45, 7) is 4.20. The molecular formula is C16H21N3O2. The first-order valence-electron chi connectivity index (χ1n) is 7.01. The average molecular weight is 287 g/mol. The molecule has 1 rings (SSSR count). The highest BCUT2D eigenvalue weighted by atomic mass is 16.2. The molecule has 1 aromatic carbocycles. The van der Waals surface area contributed by atoms with Crippen molar-refractivity contribution in [2.24, 2.45) is 0 Å². The summed E-state index contributed by atoms with van der Waals surface area (Å²) in [7, 11) is 1.75. The molecule has 0 saturated heterocycles. The van der Waals surface area contributed by atoms with Crippen LogP contribution in [-0.4, -0.2) is 36.9 Å². The fraction of sp³-hybridized carbons (Fsp3) is 0.438. The fourth-order valence-corrected chi connectivity index (χ4v) is 1.88. The molecule has 0 radical (unpaired) electrons. The van der Waals surface area contributed by atoms with Crippen molar-refractivity contribution in [1.29, 1.82) is 5.26 Å². The largest absolute Gasteiger partial charge is 0.344 e. The molecule has 0 unspecified atom stereocenters. The molecule has 1 aromatic rings. The van der Waals surface area contributed by atoms with Gasteiger partial charge in [-0.2, -0.15) is 5.26 Å². The Kier molecular flexibility index (Phi) is 6.41. The van der Waals surface area contributed by atoms with E-state index in [0.29, 0.717) is 17.8 Å². The highest BCUT2D eigenvalue weighted by Crippen LogP contribution is 2.15. The summed E-state index contributed by atoms with van der Waals surface area (Å²) in [5, 5.41) is 8.79. The molecule has 0 bridgehead atoms. The molecule has 0 aliphatic heterocycles. The number of carbonyl (C=O) groups excluding carboxylic acids is 2. The van der Waals surface area contributed by atoms with Crippen LogP contribution in [-0.2, 0) is 9.59 Å². The second-order valence-corrected chi connectivity index (χ2v) is 4.93. The van der Waals surface area contributed by atoms with Crippen LogP contribution in [0.25, 0.3) is 0 Å². The Hall–Kier alpha value is -2.35. The minimum absolute atomic E-state index is 0.0153. The maximum absolute atomic E-state index is 12.1. The van der Waals surface area contributed by atoms with Gasteiger partial charge in [0.15, 0.2) is 0 Å². The number of nitriles is 1. The Labute approximate surface area is 125 Å². The lowest BCUT2D eigenvalue weighted by atomic mass is 10.2. The van der Waals surface area contributed by atoms with Crippen molar-refractivity contribution >= 4 is 17.5 Å². The van der Waals surface area contributed by atoms with Gasteiger partial charge in [-0.25, -0.2) is 0 Å². The molecule has 0 saturated carbocycles. The van der Waals surface area contributed by atoms with Gasteiger partial charge in [0.2, 0.25) is 11.8 Å². The third kappa shape index (κ3) is 4.92. The van der Waals surface area contributed by atoms with Crippen molar-refractivity contribution < 1.29 is 9.59 Å². The van der Waals surface area contributed by atoms with Gasteiger partial charge in [-0.3, -0.25) is 9.59 Å². The number of benzene rings is 1. The van der Waals surface area contributed by atoms with E-state index < -0.39 is 0 Å². The first kappa shape index (κ1) is 16.7. The van der Waals surface area contributed by atoms with Crippen LogP contribution in [0.2, 0.25) is 0 Å². The van der Waals surface area contributed by atoms with E-state index in [9.17, 15) is 9.59 Å². The predicted molar refractivity (Wildman–Crippen MR) is 81.7 cm³/mol. The normalized spacial score (nSPS) is 9.81. The highest BCUT2D eigenvalue weighted by Gasteiger charge is 2.18. The van der Waals surface area contributed by atoms with Gasteiger partial charge >= 0.3 is 0 Å². The van der Waals surface area contributed by atoms with Gasteiger partial charge < -0.3 is 9.80 Å². The molecular weight excluding hydrogens is 266 g/mol. The van der Waals surface area contributed by atoms with Crippen molar-refractivity contribution in [1.82, 2.24) is 4.90 Å². The van der Waals surface area contributed by atoms with Crippen molar-refractivity contribution in [3.05, 3.63) is 29.8 Å². The Balaban J connectivity index is 2.80. The van der Waals surface area contributed by atoms with Crippen molar-refractivity contribution in [3.8, 4) is 6.07 Å². The number of rotatable bonds is 6. The van der Waals surface area contributed by atoms with Gasteiger partial charge in [0.05, 0.1) is 11.6 Å². The molecule has 0 aliphatic rings. The molecule has 112 valence electrons. The minimum Gasteiger partial charge on any atom is -0.344 e. The number of amides is 2. The molecule has 5 nitrogen and oxygen atoms in total. The summed E-state index contributed by atoms with van der Waals surface area (Å²) in [5.41, 5.74) is 1.15. The average Bonchev–Trinajstić information content (AvgIpc) is 2.49. The Morgan fingerprint density at radius 3 is 2.33 bits per heavy atom. The zero-order valence-electron chi connectivity index (χ0n) is 12.8. The Morgan fingerprint density at radius 2 is 1.86 bits per heavy atom. The number of nitrogens with zero attached hydrogens (tertiary/aromatic N) is 3. The van der Waals surface area contributed by atoms with Crippen molar-refractivity contribution in [3.63, 3.8) is 0 Å². The van der Waals surface area contributed by atoms with Crippen LogP contribution >= 0.6 is 0 Å². The van der Waals surface area contributed by atoms with E-state index in [0.717, 1.165) is 12.8 Å². The lowest BCUT2D eigenvalue weighted by molar-refractivity contribution is -0.130. The number of carbonyl (C=O) groups is 2. The van der Waals surface area contributed by atoms with Gasteiger partial charge in [-0.15, -0.1) is 0 Å². The van der Waals surface area contributed by atoms with Gasteiger partial charge in [-0.1, -0.05) is 13.3 Å². The van der Waals surface area contributed by atoms with E-state index in [4.69, 9.17) is 5.26 Å². The van der Waals surface area contributed by atoms with E-state index in [-0.39, 0.29) is 18.4 Å². The zero-order valence-corrected chi connectivity index (χ0v) is 12.8. The first-order valence-corrected chi connectivity index (χ1v) is 7.01. The molecule has 0 spiro atoms. The summed E-state index contributed by atoms with van der Waals surface area (Å²) < 4.78 is 0. The summed E-state index contributed by atoms with van der Waals surface area (Å²) in [4.78, 5) is 27.0. The van der Waals surface area contributed by atoms with Crippen LogP contribution in [0.1, 0.15) is 32.3 Å². The summed E-state index contributed by atoms with van der Waals surface area (Å²) in [6.07, 6.45) is 1.96. The third-order valence-electron chi connectivity index (χ3n) is 3.25. The van der Waals surface area contributed by atoms with Crippen LogP contribution in [0.15, 0.2) is 24.3 Å². The second kappa shape index (κ2) is 8.05. The third-order valence-corrected chi connectivity index (χ3v) is 3.25.